The van der Waals surface area contributed by atoms with Gasteiger partial charge in [-0.1, -0.05) is 0 Å². The molecule has 0 aliphatic carbocycles. The number of carboxylic acid groups (broad SMARTS) is 1. The summed E-state index contributed by atoms with van der Waals surface area (Å²) in [5, 5.41) is 9.96. The minimum Gasteiger partial charge on any atom is -0.480 e. The van der Waals surface area contributed by atoms with Crippen LogP contribution in [0, 0.1) is 0 Å². The van der Waals surface area contributed by atoms with Crippen molar-refractivity contribution in [3.05, 3.63) is 0 Å². The summed E-state index contributed by atoms with van der Waals surface area (Å²) < 4.78 is 40.0. The SMILES string of the molecule is CN(CCC(F)(F)F)C(=O)NC(=O)COCC(=O)O. The molecule has 0 aromatic rings. The molecule has 0 aliphatic rings. The highest BCUT2D eigenvalue weighted by atomic mass is 19.4. The second kappa shape index (κ2) is 7.56. The lowest BCUT2D eigenvalue weighted by atomic mass is 10.4. The maximum atomic E-state index is 11.9. The molecule has 3 amide bonds. The standard InChI is InChI=1S/C9H13F3N2O5/c1-14(3-2-9(10,11)12)8(18)13-6(15)4-19-5-7(16)17/h2-5H2,1H3,(H,16,17)(H,13,15,18). The number of nitrogens with one attached hydrogen (secondary N) is 1. The summed E-state index contributed by atoms with van der Waals surface area (Å²) in [7, 11) is 1.09. The Hall–Kier alpha value is -1.84. The van der Waals surface area contributed by atoms with Gasteiger partial charge in [0, 0.05) is 13.6 Å². The molecule has 10 heteroatoms. The van der Waals surface area contributed by atoms with Gasteiger partial charge < -0.3 is 14.7 Å². The number of rotatable bonds is 6. The first-order valence-corrected chi connectivity index (χ1v) is 5.03. The Balaban J connectivity index is 3.94. The quantitative estimate of drug-likeness (QED) is 0.727. The lowest BCUT2D eigenvalue weighted by Crippen LogP contribution is -2.43. The minimum atomic E-state index is -4.40. The highest BCUT2D eigenvalue weighted by molar-refractivity contribution is 5.94. The highest BCUT2D eigenvalue weighted by Crippen LogP contribution is 2.19. The number of carbonyl (C=O) groups is 3. The third-order valence-electron chi connectivity index (χ3n) is 1.78. The fourth-order valence-electron chi connectivity index (χ4n) is 0.878. The van der Waals surface area contributed by atoms with Crippen molar-refractivity contribution in [3.63, 3.8) is 0 Å². The molecule has 0 spiro atoms. The molecular formula is C9H13F3N2O5. The first-order valence-electron chi connectivity index (χ1n) is 5.03. The van der Waals surface area contributed by atoms with Crippen molar-refractivity contribution in [2.24, 2.45) is 0 Å². The van der Waals surface area contributed by atoms with Crippen LogP contribution in [0.15, 0.2) is 0 Å². The Kier molecular flexibility index (Phi) is 6.83. The number of halogens is 3. The van der Waals surface area contributed by atoms with E-state index in [1.807, 2.05) is 0 Å². The van der Waals surface area contributed by atoms with Crippen molar-refractivity contribution in [3.8, 4) is 0 Å². The summed E-state index contributed by atoms with van der Waals surface area (Å²) in [6.45, 7) is -1.99. The molecule has 0 unspecified atom stereocenters. The van der Waals surface area contributed by atoms with Crippen LogP contribution in [0.1, 0.15) is 6.42 Å². The maximum Gasteiger partial charge on any atom is 0.390 e. The van der Waals surface area contributed by atoms with E-state index in [1.165, 1.54) is 0 Å². The number of nitrogens with zero attached hydrogens (tertiary/aromatic N) is 1. The molecule has 0 aromatic carbocycles. The number of alkyl halides is 3. The number of aliphatic carboxylic acids is 1. The van der Waals surface area contributed by atoms with Gasteiger partial charge in [0.25, 0.3) is 5.91 Å². The van der Waals surface area contributed by atoms with Crippen LogP contribution in [0.25, 0.3) is 0 Å². The zero-order valence-electron chi connectivity index (χ0n) is 9.99. The molecule has 0 radical (unpaired) electrons. The van der Waals surface area contributed by atoms with Gasteiger partial charge in [-0.2, -0.15) is 13.2 Å². The van der Waals surface area contributed by atoms with E-state index in [1.54, 1.807) is 5.32 Å². The number of carbonyl (C=O) groups excluding carboxylic acids is 2. The van der Waals surface area contributed by atoms with Gasteiger partial charge >= 0.3 is 18.2 Å². The van der Waals surface area contributed by atoms with Crippen molar-refractivity contribution in [1.82, 2.24) is 10.2 Å². The molecule has 7 nitrogen and oxygen atoms in total. The van der Waals surface area contributed by atoms with Crippen LogP contribution in [0.4, 0.5) is 18.0 Å². The highest BCUT2D eigenvalue weighted by Gasteiger charge is 2.28. The summed E-state index contributed by atoms with van der Waals surface area (Å²) in [4.78, 5) is 33.0. The van der Waals surface area contributed by atoms with E-state index < -0.39 is 50.3 Å². The second-order valence-corrected chi connectivity index (χ2v) is 3.53. The summed E-state index contributed by atoms with van der Waals surface area (Å²) in [6, 6.07) is -1.02. The molecule has 19 heavy (non-hydrogen) atoms. The average Bonchev–Trinajstić information content (AvgIpc) is 2.24. The van der Waals surface area contributed by atoms with Crippen LogP contribution >= 0.6 is 0 Å². The van der Waals surface area contributed by atoms with E-state index in [4.69, 9.17) is 5.11 Å². The topological polar surface area (TPSA) is 95.9 Å². The Labute approximate surface area is 106 Å². The largest absolute Gasteiger partial charge is 0.480 e. The number of amides is 3. The average molecular weight is 286 g/mol. The second-order valence-electron chi connectivity index (χ2n) is 3.53. The van der Waals surface area contributed by atoms with Gasteiger partial charge in [-0.25, -0.2) is 9.59 Å². The predicted molar refractivity (Wildman–Crippen MR) is 55.3 cm³/mol. The van der Waals surface area contributed by atoms with Gasteiger partial charge in [-0.15, -0.1) is 0 Å². The Bertz CT molecular complexity index is 345. The number of hydrogen-bond donors (Lipinski definition) is 2. The molecule has 110 valence electrons. The molecule has 0 aliphatic heterocycles. The van der Waals surface area contributed by atoms with Crippen molar-refractivity contribution in [2.45, 2.75) is 12.6 Å². The molecular weight excluding hydrogens is 273 g/mol. The molecule has 0 fully saturated rings. The summed E-state index contributed by atoms with van der Waals surface area (Å²) >= 11 is 0. The van der Waals surface area contributed by atoms with Crippen molar-refractivity contribution < 1.29 is 37.4 Å². The fraction of sp³-hybridized carbons (Fsp3) is 0.667. The number of ether oxygens (including phenoxy) is 1. The first kappa shape index (κ1) is 17.2. The number of carboxylic acids is 1. The van der Waals surface area contributed by atoms with E-state index in [0.29, 0.717) is 4.90 Å². The Morgan fingerprint density at radius 2 is 1.84 bits per heavy atom. The van der Waals surface area contributed by atoms with Gasteiger partial charge in [-0.3, -0.25) is 10.1 Å². The first-order chi connectivity index (χ1) is 8.61. The summed E-state index contributed by atoms with van der Waals surface area (Å²) in [6.07, 6.45) is -5.59. The van der Waals surface area contributed by atoms with Crippen LogP contribution in [0.3, 0.4) is 0 Å². The lowest BCUT2D eigenvalue weighted by Gasteiger charge is -2.18. The minimum absolute atomic E-state index is 0.599. The number of urea groups is 1. The van der Waals surface area contributed by atoms with E-state index >= 15 is 0 Å². The smallest absolute Gasteiger partial charge is 0.390 e. The van der Waals surface area contributed by atoms with Gasteiger partial charge in [0.15, 0.2) is 0 Å². The number of hydrogen-bond acceptors (Lipinski definition) is 4. The zero-order valence-corrected chi connectivity index (χ0v) is 9.99. The van der Waals surface area contributed by atoms with Gasteiger partial charge in [0.1, 0.15) is 13.2 Å². The zero-order chi connectivity index (χ0) is 15.1. The molecule has 0 aromatic heterocycles. The van der Waals surface area contributed by atoms with Crippen molar-refractivity contribution in [1.29, 1.82) is 0 Å². The van der Waals surface area contributed by atoms with E-state index in [0.717, 1.165) is 7.05 Å². The third-order valence-corrected chi connectivity index (χ3v) is 1.78. The summed E-state index contributed by atoms with van der Waals surface area (Å²) in [5.41, 5.74) is 0. The van der Waals surface area contributed by atoms with E-state index in [-0.39, 0.29) is 0 Å². The van der Waals surface area contributed by atoms with Crippen molar-refractivity contribution >= 4 is 17.9 Å². The maximum absolute atomic E-state index is 11.9. The Morgan fingerprint density at radius 1 is 1.26 bits per heavy atom. The molecule has 0 atom stereocenters. The van der Waals surface area contributed by atoms with E-state index in [2.05, 4.69) is 4.74 Å². The summed E-state index contributed by atoms with van der Waals surface area (Å²) in [5.74, 6) is -2.23. The van der Waals surface area contributed by atoms with Crippen LogP contribution in [0.5, 0.6) is 0 Å². The molecule has 0 saturated heterocycles. The monoisotopic (exact) mass is 286 g/mol. The Morgan fingerprint density at radius 3 is 2.32 bits per heavy atom. The van der Waals surface area contributed by atoms with Crippen LogP contribution < -0.4 is 5.32 Å². The van der Waals surface area contributed by atoms with Gasteiger partial charge in [0.2, 0.25) is 0 Å². The molecule has 0 rings (SSSR count). The lowest BCUT2D eigenvalue weighted by molar-refractivity contribution is -0.143. The fourth-order valence-corrected chi connectivity index (χ4v) is 0.878. The van der Waals surface area contributed by atoms with Gasteiger partial charge in [-0.05, 0) is 0 Å². The van der Waals surface area contributed by atoms with Gasteiger partial charge in [0.05, 0.1) is 6.42 Å². The van der Waals surface area contributed by atoms with Crippen LogP contribution in [-0.2, 0) is 14.3 Å². The predicted octanol–water partition coefficient (Wildman–Crippen LogP) is 0.208. The normalized spacial score (nSPS) is 10.9. The molecule has 0 heterocycles. The molecule has 0 bridgehead atoms. The number of imide groups is 1. The third kappa shape index (κ3) is 9.83. The van der Waals surface area contributed by atoms with Crippen molar-refractivity contribution in [2.75, 3.05) is 26.8 Å². The van der Waals surface area contributed by atoms with Crippen LogP contribution in [-0.4, -0.2) is 60.9 Å². The molecule has 2 N–H and O–H groups in total. The van der Waals surface area contributed by atoms with Crippen LogP contribution in [0.2, 0.25) is 0 Å². The molecule has 0 saturated carbocycles. The van der Waals surface area contributed by atoms with E-state index in [9.17, 15) is 27.6 Å².